The summed E-state index contributed by atoms with van der Waals surface area (Å²) in [6, 6.07) is 27.1. The molecule has 3 aromatic carbocycles. The number of carbonyl (C=O) groups is 1. The summed E-state index contributed by atoms with van der Waals surface area (Å²) in [6.45, 7) is 1.99. The first-order valence-electron chi connectivity index (χ1n) is 9.56. The van der Waals surface area contributed by atoms with Crippen LogP contribution in [0.25, 0.3) is 22.2 Å². The molecule has 1 amide bonds. The minimum Gasteiger partial charge on any atom is -0.497 e. The molecule has 4 nitrogen and oxygen atoms in total. The molecule has 1 heterocycles. The van der Waals surface area contributed by atoms with E-state index >= 15 is 0 Å². The number of nitrogens with one attached hydrogen (secondary N) is 1. The maximum atomic E-state index is 13.2. The first kappa shape index (κ1) is 18.7. The number of para-hydroxylation sites is 1. The highest BCUT2D eigenvalue weighted by Gasteiger charge is 2.16. The average Bonchev–Trinajstić information content (AvgIpc) is 2.79. The van der Waals surface area contributed by atoms with E-state index in [1.807, 2.05) is 91.9 Å². The number of aromatic nitrogens is 1. The van der Waals surface area contributed by atoms with Gasteiger partial charge in [-0.1, -0.05) is 48.5 Å². The second kappa shape index (κ2) is 8.15. The second-order valence-corrected chi connectivity index (χ2v) is 6.91. The highest BCUT2D eigenvalue weighted by atomic mass is 16.5. The van der Waals surface area contributed by atoms with Crippen LogP contribution in [-0.2, 0) is 0 Å². The zero-order valence-electron chi connectivity index (χ0n) is 16.4. The SMILES string of the molecule is COc1ccc(-c2cc(C(=O)N[C@@H](C)c3ccccc3)c3ccccc3n2)cc1. The molecule has 0 aliphatic heterocycles. The summed E-state index contributed by atoms with van der Waals surface area (Å²) in [6.07, 6.45) is 0. The van der Waals surface area contributed by atoms with Crippen molar-refractivity contribution in [3.63, 3.8) is 0 Å². The van der Waals surface area contributed by atoms with Crippen molar-refractivity contribution in [1.29, 1.82) is 0 Å². The van der Waals surface area contributed by atoms with Crippen LogP contribution >= 0.6 is 0 Å². The number of benzene rings is 3. The molecule has 0 aliphatic rings. The Balaban J connectivity index is 1.73. The molecule has 4 rings (SSSR count). The molecule has 0 aliphatic carbocycles. The first-order chi connectivity index (χ1) is 14.2. The zero-order valence-corrected chi connectivity index (χ0v) is 16.4. The maximum Gasteiger partial charge on any atom is 0.252 e. The topological polar surface area (TPSA) is 51.2 Å². The van der Waals surface area contributed by atoms with Gasteiger partial charge in [-0.15, -0.1) is 0 Å². The van der Waals surface area contributed by atoms with Crippen LogP contribution < -0.4 is 10.1 Å². The third kappa shape index (κ3) is 3.97. The van der Waals surface area contributed by atoms with Gasteiger partial charge in [0.15, 0.2) is 0 Å². The number of ether oxygens (including phenoxy) is 1. The summed E-state index contributed by atoms with van der Waals surface area (Å²) < 4.78 is 5.24. The molecular weight excluding hydrogens is 360 g/mol. The second-order valence-electron chi connectivity index (χ2n) is 6.91. The molecule has 1 N–H and O–H groups in total. The summed E-state index contributed by atoms with van der Waals surface area (Å²) in [5.41, 5.74) is 4.16. The Morgan fingerprint density at radius 3 is 2.34 bits per heavy atom. The number of hydrogen-bond acceptors (Lipinski definition) is 3. The van der Waals surface area contributed by atoms with Crippen molar-refractivity contribution in [3.05, 3.63) is 96.1 Å². The largest absolute Gasteiger partial charge is 0.497 e. The van der Waals surface area contributed by atoms with Crippen LogP contribution in [0, 0.1) is 0 Å². The summed E-state index contributed by atoms with van der Waals surface area (Å²) in [5.74, 6) is 0.666. The van der Waals surface area contributed by atoms with E-state index in [4.69, 9.17) is 9.72 Å². The summed E-state index contributed by atoms with van der Waals surface area (Å²) in [4.78, 5) is 17.9. The van der Waals surface area contributed by atoms with Crippen LogP contribution in [0.4, 0.5) is 0 Å². The van der Waals surface area contributed by atoms with Crippen LogP contribution in [0.15, 0.2) is 84.9 Å². The lowest BCUT2D eigenvalue weighted by molar-refractivity contribution is 0.0941. The highest BCUT2D eigenvalue weighted by Crippen LogP contribution is 2.27. The lowest BCUT2D eigenvalue weighted by atomic mass is 10.0. The highest BCUT2D eigenvalue weighted by molar-refractivity contribution is 6.07. The molecule has 0 fully saturated rings. The zero-order chi connectivity index (χ0) is 20.2. The molecule has 29 heavy (non-hydrogen) atoms. The minimum absolute atomic E-state index is 0.0972. The first-order valence-corrected chi connectivity index (χ1v) is 9.56. The molecular formula is C25H22N2O2. The summed E-state index contributed by atoms with van der Waals surface area (Å²) in [7, 11) is 1.64. The molecule has 0 bridgehead atoms. The Labute approximate surface area is 170 Å². The van der Waals surface area contributed by atoms with Gasteiger partial charge in [0, 0.05) is 10.9 Å². The van der Waals surface area contributed by atoms with E-state index in [1.165, 1.54) is 0 Å². The van der Waals surface area contributed by atoms with Gasteiger partial charge in [-0.2, -0.15) is 0 Å². The minimum atomic E-state index is -0.116. The van der Waals surface area contributed by atoms with Gasteiger partial charge in [0.05, 0.1) is 29.9 Å². The number of methoxy groups -OCH3 is 1. The van der Waals surface area contributed by atoms with E-state index in [0.717, 1.165) is 33.5 Å². The van der Waals surface area contributed by atoms with Crippen LogP contribution in [-0.4, -0.2) is 18.0 Å². The molecule has 0 saturated carbocycles. The van der Waals surface area contributed by atoms with Gasteiger partial charge in [-0.3, -0.25) is 4.79 Å². The van der Waals surface area contributed by atoms with Crippen molar-refractivity contribution in [2.45, 2.75) is 13.0 Å². The Kier molecular flexibility index (Phi) is 5.25. The van der Waals surface area contributed by atoms with Crippen LogP contribution in [0.1, 0.15) is 28.9 Å². The molecule has 4 aromatic rings. The molecule has 1 aromatic heterocycles. The third-order valence-corrected chi connectivity index (χ3v) is 4.99. The van der Waals surface area contributed by atoms with E-state index < -0.39 is 0 Å². The Bertz CT molecular complexity index is 1140. The fourth-order valence-electron chi connectivity index (χ4n) is 3.37. The molecule has 4 heteroatoms. The fraction of sp³-hybridized carbons (Fsp3) is 0.120. The van der Waals surface area contributed by atoms with Gasteiger partial charge in [0.1, 0.15) is 5.75 Å². The Morgan fingerprint density at radius 2 is 1.62 bits per heavy atom. The number of pyridine rings is 1. The van der Waals surface area contributed by atoms with Crippen LogP contribution in [0.2, 0.25) is 0 Å². The number of fused-ring (bicyclic) bond motifs is 1. The normalized spacial score (nSPS) is 11.8. The van der Waals surface area contributed by atoms with Crippen molar-refractivity contribution >= 4 is 16.8 Å². The summed E-state index contributed by atoms with van der Waals surface area (Å²) in [5, 5.41) is 3.95. The van der Waals surface area contributed by atoms with Crippen LogP contribution in [0.5, 0.6) is 5.75 Å². The monoisotopic (exact) mass is 382 g/mol. The lowest BCUT2D eigenvalue weighted by Crippen LogP contribution is -2.27. The van der Waals surface area contributed by atoms with E-state index in [0.29, 0.717) is 5.56 Å². The van der Waals surface area contributed by atoms with E-state index in [9.17, 15) is 4.79 Å². The van der Waals surface area contributed by atoms with E-state index in [1.54, 1.807) is 7.11 Å². The third-order valence-electron chi connectivity index (χ3n) is 4.99. The van der Waals surface area contributed by atoms with Crippen molar-refractivity contribution in [2.75, 3.05) is 7.11 Å². The van der Waals surface area contributed by atoms with Crippen LogP contribution in [0.3, 0.4) is 0 Å². The average molecular weight is 382 g/mol. The van der Waals surface area contributed by atoms with E-state index in [-0.39, 0.29) is 11.9 Å². The molecule has 0 unspecified atom stereocenters. The molecule has 144 valence electrons. The van der Waals surface area contributed by atoms with Gasteiger partial charge < -0.3 is 10.1 Å². The van der Waals surface area contributed by atoms with Crippen molar-refractivity contribution in [1.82, 2.24) is 10.3 Å². The predicted molar refractivity (Wildman–Crippen MR) is 116 cm³/mol. The molecule has 0 radical (unpaired) electrons. The number of hydrogen-bond donors (Lipinski definition) is 1. The van der Waals surface area contributed by atoms with Gasteiger partial charge in [0.25, 0.3) is 5.91 Å². The molecule has 0 saturated heterocycles. The maximum absolute atomic E-state index is 13.2. The predicted octanol–water partition coefficient (Wildman–Crippen LogP) is 5.40. The Morgan fingerprint density at radius 1 is 0.931 bits per heavy atom. The van der Waals surface area contributed by atoms with Crippen molar-refractivity contribution in [2.24, 2.45) is 0 Å². The van der Waals surface area contributed by atoms with Gasteiger partial charge in [-0.25, -0.2) is 4.98 Å². The van der Waals surface area contributed by atoms with Gasteiger partial charge >= 0.3 is 0 Å². The van der Waals surface area contributed by atoms with Crippen molar-refractivity contribution in [3.8, 4) is 17.0 Å². The van der Waals surface area contributed by atoms with Crippen molar-refractivity contribution < 1.29 is 9.53 Å². The number of amides is 1. The fourth-order valence-corrected chi connectivity index (χ4v) is 3.37. The quantitative estimate of drug-likeness (QED) is 0.503. The smallest absolute Gasteiger partial charge is 0.252 e. The van der Waals surface area contributed by atoms with Gasteiger partial charge in [-0.05, 0) is 48.9 Å². The molecule has 1 atom stereocenters. The van der Waals surface area contributed by atoms with Gasteiger partial charge in [0.2, 0.25) is 0 Å². The number of nitrogens with zero attached hydrogens (tertiary/aromatic N) is 1. The summed E-state index contributed by atoms with van der Waals surface area (Å²) >= 11 is 0. The Hall–Kier alpha value is -3.66. The standard InChI is InChI=1S/C25H22N2O2/c1-17(18-8-4-3-5-9-18)26-25(28)22-16-24(19-12-14-20(29-2)15-13-19)27-23-11-7-6-10-21(22)23/h3-17H,1-2H3,(H,26,28)/t17-/m0/s1. The van der Waals surface area contributed by atoms with E-state index in [2.05, 4.69) is 5.32 Å². The number of rotatable bonds is 5. The lowest BCUT2D eigenvalue weighted by Gasteiger charge is -2.16. The molecule has 0 spiro atoms. The number of carbonyl (C=O) groups excluding carboxylic acids is 1.